The molecule has 2 aliphatic rings. The molecule has 0 spiro atoms. The molecular formula is C21H31FN4O3. The minimum Gasteiger partial charge on any atom is -0.375 e. The van der Waals surface area contributed by atoms with Crippen LogP contribution in [0.2, 0.25) is 0 Å². The molecule has 0 aromatic heterocycles. The van der Waals surface area contributed by atoms with Crippen LogP contribution in [-0.2, 0) is 20.9 Å². The maximum Gasteiger partial charge on any atom is 0.249 e. The number of hydrogen-bond acceptors (Lipinski definition) is 5. The number of carbonyl (C=O) groups excluding carboxylic acids is 2. The third-order valence-corrected chi connectivity index (χ3v) is 5.67. The highest BCUT2D eigenvalue weighted by Gasteiger charge is 2.41. The van der Waals surface area contributed by atoms with Crippen LogP contribution in [0, 0.1) is 5.82 Å². The van der Waals surface area contributed by atoms with Crippen molar-refractivity contribution in [2.75, 3.05) is 33.4 Å². The Labute approximate surface area is 171 Å². The second kappa shape index (κ2) is 10.1. The maximum absolute atomic E-state index is 13.3. The number of methoxy groups -OCH3 is 1. The van der Waals surface area contributed by atoms with Gasteiger partial charge in [0, 0.05) is 45.4 Å². The van der Waals surface area contributed by atoms with Gasteiger partial charge in [0.2, 0.25) is 11.8 Å². The van der Waals surface area contributed by atoms with Crippen molar-refractivity contribution in [3.8, 4) is 0 Å². The highest BCUT2D eigenvalue weighted by molar-refractivity contribution is 5.88. The van der Waals surface area contributed by atoms with Gasteiger partial charge in [-0.05, 0) is 43.4 Å². The first-order valence-electron chi connectivity index (χ1n) is 10.3. The van der Waals surface area contributed by atoms with Gasteiger partial charge < -0.3 is 20.7 Å². The second-order valence-electron chi connectivity index (χ2n) is 7.82. The van der Waals surface area contributed by atoms with Crippen molar-refractivity contribution in [3.05, 3.63) is 35.6 Å². The minimum absolute atomic E-state index is 0.0345. The van der Waals surface area contributed by atoms with E-state index >= 15 is 0 Å². The van der Waals surface area contributed by atoms with Crippen LogP contribution in [0.15, 0.2) is 24.3 Å². The van der Waals surface area contributed by atoms with E-state index in [1.807, 2.05) is 12.1 Å². The molecule has 1 unspecified atom stereocenters. The number of nitrogens with zero attached hydrogens (tertiary/aromatic N) is 2. The van der Waals surface area contributed by atoms with Crippen molar-refractivity contribution in [1.29, 1.82) is 0 Å². The molecule has 160 valence electrons. The van der Waals surface area contributed by atoms with Crippen molar-refractivity contribution in [1.82, 2.24) is 15.1 Å². The summed E-state index contributed by atoms with van der Waals surface area (Å²) in [5.41, 5.74) is 6.57. The van der Waals surface area contributed by atoms with Crippen LogP contribution in [0.3, 0.4) is 0 Å². The lowest BCUT2D eigenvalue weighted by Crippen LogP contribution is -2.58. The van der Waals surface area contributed by atoms with E-state index in [2.05, 4.69) is 10.2 Å². The van der Waals surface area contributed by atoms with Gasteiger partial charge in [0.25, 0.3) is 0 Å². The molecule has 29 heavy (non-hydrogen) atoms. The van der Waals surface area contributed by atoms with Gasteiger partial charge in [-0.25, -0.2) is 4.39 Å². The lowest BCUT2D eigenvalue weighted by molar-refractivity contribution is -0.146. The molecule has 8 heteroatoms. The Morgan fingerprint density at radius 3 is 2.59 bits per heavy atom. The van der Waals surface area contributed by atoms with E-state index in [9.17, 15) is 14.0 Å². The van der Waals surface area contributed by atoms with E-state index < -0.39 is 6.04 Å². The molecule has 2 atom stereocenters. The normalized spacial score (nSPS) is 22.0. The summed E-state index contributed by atoms with van der Waals surface area (Å²) in [6, 6.07) is 6.73. The number of nitrogens with two attached hydrogens (primary N) is 1. The number of ether oxygens (including phenoxy) is 1. The number of halogens is 1. The predicted octanol–water partition coefficient (Wildman–Crippen LogP) is 0.871. The van der Waals surface area contributed by atoms with E-state index in [1.54, 1.807) is 4.90 Å². The van der Waals surface area contributed by atoms with Crippen LogP contribution >= 0.6 is 0 Å². The molecule has 1 saturated heterocycles. The topological polar surface area (TPSA) is 87.9 Å². The molecule has 1 aromatic rings. The van der Waals surface area contributed by atoms with E-state index in [4.69, 9.17) is 10.5 Å². The Kier molecular flexibility index (Phi) is 7.57. The Morgan fingerprint density at radius 2 is 1.97 bits per heavy atom. The van der Waals surface area contributed by atoms with Gasteiger partial charge in [-0.1, -0.05) is 12.1 Å². The zero-order valence-corrected chi connectivity index (χ0v) is 17.0. The van der Waals surface area contributed by atoms with Crippen molar-refractivity contribution >= 4 is 11.8 Å². The number of piperidine rings is 1. The van der Waals surface area contributed by atoms with Gasteiger partial charge in [0.1, 0.15) is 18.5 Å². The SMILES string of the molecule is COCC(=O)N1CCC(N(Cc2ccc(F)cc2)C2CC2)C[C@@H]1C(=O)NCCN. The van der Waals surface area contributed by atoms with Crippen molar-refractivity contribution in [2.45, 2.75) is 50.4 Å². The highest BCUT2D eigenvalue weighted by Crippen LogP contribution is 2.34. The smallest absolute Gasteiger partial charge is 0.249 e. The fraction of sp³-hybridized carbons (Fsp3) is 0.619. The lowest BCUT2D eigenvalue weighted by Gasteiger charge is -2.43. The molecule has 3 rings (SSSR count). The van der Waals surface area contributed by atoms with Gasteiger partial charge in [0.05, 0.1) is 0 Å². The molecule has 0 radical (unpaired) electrons. The summed E-state index contributed by atoms with van der Waals surface area (Å²) >= 11 is 0. The molecule has 1 heterocycles. The van der Waals surface area contributed by atoms with Gasteiger partial charge >= 0.3 is 0 Å². The van der Waals surface area contributed by atoms with Gasteiger partial charge in [-0.15, -0.1) is 0 Å². The first-order valence-corrected chi connectivity index (χ1v) is 10.3. The standard InChI is InChI=1S/C21H31FN4O3/c1-29-14-20(27)25-11-8-18(12-19(25)21(28)24-10-9-23)26(17-6-7-17)13-15-2-4-16(22)5-3-15/h2-5,17-19H,6-14,23H2,1H3,(H,24,28)/t18?,19-/m1/s1. The van der Waals surface area contributed by atoms with Crippen molar-refractivity contribution < 1.29 is 18.7 Å². The predicted molar refractivity (Wildman–Crippen MR) is 107 cm³/mol. The van der Waals surface area contributed by atoms with E-state index in [-0.39, 0.29) is 30.3 Å². The lowest BCUT2D eigenvalue weighted by atomic mass is 9.94. The Morgan fingerprint density at radius 1 is 1.24 bits per heavy atom. The average molecular weight is 407 g/mol. The van der Waals surface area contributed by atoms with Crippen LogP contribution in [0.1, 0.15) is 31.2 Å². The Balaban J connectivity index is 1.73. The quantitative estimate of drug-likeness (QED) is 0.635. The van der Waals surface area contributed by atoms with Crippen LogP contribution in [0.5, 0.6) is 0 Å². The minimum atomic E-state index is -0.530. The summed E-state index contributed by atoms with van der Waals surface area (Å²) in [6.07, 6.45) is 3.64. The van der Waals surface area contributed by atoms with Crippen molar-refractivity contribution in [2.24, 2.45) is 5.73 Å². The van der Waals surface area contributed by atoms with E-state index in [1.165, 1.54) is 19.2 Å². The molecule has 2 amide bonds. The third kappa shape index (κ3) is 5.74. The summed E-state index contributed by atoms with van der Waals surface area (Å²) in [5, 5.41) is 2.83. The Hall–Kier alpha value is -2.03. The molecule has 0 bridgehead atoms. The third-order valence-electron chi connectivity index (χ3n) is 5.67. The summed E-state index contributed by atoms with van der Waals surface area (Å²) in [4.78, 5) is 29.3. The van der Waals surface area contributed by atoms with Crippen molar-refractivity contribution in [3.63, 3.8) is 0 Å². The Bertz CT molecular complexity index is 696. The first-order chi connectivity index (χ1) is 14.0. The largest absolute Gasteiger partial charge is 0.375 e. The fourth-order valence-electron chi connectivity index (χ4n) is 4.08. The van der Waals surface area contributed by atoms with E-state index in [0.717, 1.165) is 31.4 Å². The highest BCUT2D eigenvalue weighted by atomic mass is 19.1. The average Bonchev–Trinajstić information content (AvgIpc) is 3.56. The van der Waals surface area contributed by atoms with Crippen LogP contribution in [0.4, 0.5) is 4.39 Å². The number of carbonyl (C=O) groups is 2. The molecule has 1 aliphatic carbocycles. The number of hydrogen-bond donors (Lipinski definition) is 2. The maximum atomic E-state index is 13.3. The molecule has 1 aliphatic heterocycles. The summed E-state index contributed by atoms with van der Waals surface area (Å²) in [5.74, 6) is -0.578. The zero-order valence-electron chi connectivity index (χ0n) is 17.0. The summed E-state index contributed by atoms with van der Waals surface area (Å²) in [7, 11) is 1.48. The van der Waals surface area contributed by atoms with Crippen LogP contribution < -0.4 is 11.1 Å². The molecule has 2 fully saturated rings. The molecule has 1 aromatic carbocycles. The molecule has 3 N–H and O–H groups in total. The fourth-order valence-corrected chi connectivity index (χ4v) is 4.08. The number of nitrogens with one attached hydrogen (secondary N) is 1. The number of rotatable bonds is 9. The van der Waals surface area contributed by atoms with Crippen LogP contribution in [0.25, 0.3) is 0 Å². The van der Waals surface area contributed by atoms with E-state index in [0.29, 0.717) is 32.1 Å². The van der Waals surface area contributed by atoms with Gasteiger partial charge in [-0.2, -0.15) is 0 Å². The molecule has 7 nitrogen and oxygen atoms in total. The first kappa shape index (κ1) is 21.7. The monoisotopic (exact) mass is 406 g/mol. The molecular weight excluding hydrogens is 375 g/mol. The summed E-state index contributed by atoms with van der Waals surface area (Å²) < 4.78 is 18.3. The number of amides is 2. The number of benzene rings is 1. The number of likely N-dealkylation sites (tertiary alicyclic amines) is 1. The van der Waals surface area contributed by atoms with Gasteiger partial charge in [-0.3, -0.25) is 14.5 Å². The molecule has 1 saturated carbocycles. The van der Waals surface area contributed by atoms with Gasteiger partial charge in [0.15, 0.2) is 0 Å². The summed E-state index contributed by atoms with van der Waals surface area (Å²) in [6.45, 7) is 1.94. The zero-order chi connectivity index (χ0) is 20.8. The van der Waals surface area contributed by atoms with Crippen LogP contribution in [-0.4, -0.2) is 73.1 Å². The second-order valence-corrected chi connectivity index (χ2v) is 7.82.